The second-order valence-corrected chi connectivity index (χ2v) is 9.62. The highest BCUT2D eigenvalue weighted by Crippen LogP contribution is 2.45. The molecule has 2 aromatic heterocycles. The van der Waals surface area contributed by atoms with Gasteiger partial charge in [0.2, 0.25) is 0 Å². The number of aliphatic hydroxyl groups is 1. The molecule has 0 bridgehead atoms. The Bertz CT molecular complexity index is 818. The monoisotopic (exact) mass is 390 g/mol. The molecule has 1 amide bonds. The van der Waals surface area contributed by atoms with Crippen LogP contribution in [0.2, 0.25) is 0 Å². The second kappa shape index (κ2) is 6.39. The standard InChI is InChI=1S/C19H26N4O3S/c1-17(2,3)14-10-13(21-22-14)15(24)23-7-4-18(5-8-23)11-19(25,12-26-18)16-20-6-9-27-16/h6,9-10,25H,4-5,7-8,11-12H2,1-3H3,(H,21,22)/t19-/m0/s1. The van der Waals surface area contributed by atoms with Gasteiger partial charge in [-0.2, -0.15) is 5.10 Å². The molecule has 2 aromatic rings. The van der Waals surface area contributed by atoms with Gasteiger partial charge in [0, 0.05) is 42.2 Å². The van der Waals surface area contributed by atoms with Crippen molar-refractivity contribution in [3.05, 3.63) is 34.0 Å². The minimum atomic E-state index is -1.01. The van der Waals surface area contributed by atoms with Crippen LogP contribution < -0.4 is 0 Å². The number of aromatic amines is 1. The highest BCUT2D eigenvalue weighted by Gasteiger charge is 2.52. The SMILES string of the molecule is CC(C)(C)c1cc(C(=O)N2CCC3(CC2)C[C@@](O)(c2nccs2)CO3)n[nH]1. The molecule has 1 spiro atoms. The first kappa shape index (κ1) is 18.6. The average Bonchev–Trinajstić information content (AvgIpc) is 3.35. The molecule has 2 N–H and O–H groups in total. The van der Waals surface area contributed by atoms with E-state index in [4.69, 9.17) is 4.74 Å². The molecule has 2 fully saturated rings. The molecule has 0 radical (unpaired) electrons. The summed E-state index contributed by atoms with van der Waals surface area (Å²) >= 11 is 1.46. The third-order valence-corrected chi connectivity index (χ3v) is 6.60. The summed E-state index contributed by atoms with van der Waals surface area (Å²) in [6.07, 6.45) is 3.66. The molecule has 7 nitrogen and oxygen atoms in total. The Morgan fingerprint density at radius 1 is 1.37 bits per heavy atom. The summed E-state index contributed by atoms with van der Waals surface area (Å²) in [5.41, 5.74) is -0.0478. The lowest BCUT2D eigenvalue weighted by Gasteiger charge is -2.38. The third kappa shape index (κ3) is 3.41. The van der Waals surface area contributed by atoms with E-state index < -0.39 is 5.60 Å². The van der Waals surface area contributed by atoms with E-state index in [0.29, 0.717) is 43.1 Å². The molecule has 27 heavy (non-hydrogen) atoms. The van der Waals surface area contributed by atoms with Crippen LogP contribution in [0, 0.1) is 0 Å². The van der Waals surface area contributed by atoms with Crippen molar-refractivity contribution in [1.82, 2.24) is 20.1 Å². The van der Waals surface area contributed by atoms with Gasteiger partial charge in [0.1, 0.15) is 16.3 Å². The molecule has 2 aliphatic rings. The van der Waals surface area contributed by atoms with Crippen molar-refractivity contribution in [1.29, 1.82) is 0 Å². The minimum Gasteiger partial charge on any atom is -0.380 e. The van der Waals surface area contributed by atoms with Crippen LogP contribution in [0.15, 0.2) is 17.6 Å². The number of nitrogens with one attached hydrogen (secondary N) is 1. The number of carbonyl (C=O) groups is 1. The summed E-state index contributed by atoms with van der Waals surface area (Å²) < 4.78 is 6.06. The molecule has 4 rings (SSSR count). The fourth-order valence-electron chi connectivity index (χ4n) is 3.91. The van der Waals surface area contributed by atoms with Crippen LogP contribution in [-0.2, 0) is 15.8 Å². The molecule has 146 valence electrons. The summed E-state index contributed by atoms with van der Waals surface area (Å²) in [5.74, 6) is -0.0511. The molecule has 0 unspecified atom stereocenters. The Morgan fingerprint density at radius 3 is 2.70 bits per heavy atom. The Kier molecular flexibility index (Phi) is 4.40. The zero-order valence-corrected chi connectivity index (χ0v) is 16.8. The topological polar surface area (TPSA) is 91.3 Å². The van der Waals surface area contributed by atoms with E-state index in [9.17, 15) is 9.90 Å². The zero-order valence-electron chi connectivity index (χ0n) is 16.0. The number of hydrogen-bond donors (Lipinski definition) is 2. The number of hydrogen-bond acceptors (Lipinski definition) is 6. The van der Waals surface area contributed by atoms with Gasteiger partial charge in [-0.1, -0.05) is 20.8 Å². The molecule has 4 heterocycles. The normalized spacial score (nSPS) is 25.3. The van der Waals surface area contributed by atoms with E-state index >= 15 is 0 Å². The number of aromatic nitrogens is 3. The molecule has 1 atom stereocenters. The highest BCUT2D eigenvalue weighted by atomic mass is 32.1. The first-order chi connectivity index (χ1) is 12.7. The molecular weight excluding hydrogens is 364 g/mol. The van der Waals surface area contributed by atoms with E-state index in [1.807, 2.05) is 16.3 Å². The Labute approximate surface area is 162 Å². The van der Waals surface area contributed by atoms with Gasteiger partial charge in [-0.3, -0.25) is 9.89 Å². The molecule has 0 aromatic carbocycles. The zero-order chi connectivity index (χ0) is 19.3. The van der Waals surface area contributed by atoms with Gasteiger partial charge in [-0.15, -0.1) is 11.3 Å². The lowest BCUT2D eigenvalue weighted by Crippen LogP contribution is -2.47. The fraction of sp³-hybridized carbons (Fsp3) is 0.632. The van der Waals surface area contributed by atoms with E-state index in [1.165, 1.54) is 11.3 Å². The van der Waals surface area contributed by atoms with Crippen LogP contribution >= 0.6 is 11.3 Å². The van der Waals surface area contributed by atoms with Crippen molar-refractivity contribution in [2.24, 2.45) is 0 Å². The number of likely N-dealkylation sites (tertiary alicyclic amines) is 1. The van der Waals surface area contributed by atoms with Crippen molar-refractivity contribution < 1.29 is 14.6 Å². The highest BCUT2D eigenvalue weighted by molar-refractivity contribution is 7.09. The van der Waals surface area contributed by atoms with Crippen LogP contribution in [0.5, 0.6) is 0 Å². The molecule has 0 aliphatic carbocycles. The molecule has 8 heteroatoms. The molecule has 2 saturated heterocycles. The number of carbonyl (C=O) groups excluding carboxylic acids is 1. The second-order valence-electron chi connectivity index (χ2n) is 8.73. The molecule has 2 aliphatic heterocycles. The van der Waals surface area contributed by atoms with Crippen LogP contribution in [-0.4, -0.2) is 56.4 Å². The van der Waals surface area contributed by atoms with Crippen LogP contribution in [0.3, 0.4) is 0 Å². The van der Waals surface area contributed by atoms with Crippen molar-refractivity contribution in [3.63, 3.8) is 0 Å². The van der Waals surface area contributed by atoms with Gasteiger partial charge >= 0.3 is 0 Å². The minimum absolute atomic E-state index is 0.0511. The average molecular weight is 391 g/mol. The van der Waals surface area contributed by atoms with Gasteiger partial charge in [-0.25, -0.2) is 4.98 Å². The lowest BCUT2D eigenvalue weighted by molar-refractivity contribution is -0.0432. The number of ether oxygens (including phenoxy) is 1. The predicted molar refractivity (Wildman–Crippen MR) is 102 cm³/mol. The number of thiazole rings is 1. The maximum atomic E-state index is 12.8. The van der Waals surface area contributed by atoms with Gasteiger partial charge < -0.3 is 14.7 Å². The first-order valence-corrected chi connectivity index (χ1v) is 10.2. The van der Waals surface area contributed by atoms with Crippen LogP contribution in [0.1, 0.15) is 61.2 Å². The summed E-state index contributed by atoms with van der Waals surface area (Å²) in [7, 11) is 0. The number of rotatable bonds is 2. The Hall–Kier alpha value is -1.77. The summed E-state index contributed by atoms with van der Waals surface area (Å²) in [6.45, 7) is 7.72. The number of amides is 1. The fourth-order valence-corrected chi connectivity index (χ4v) is 4.64. The van der Waals surface area contributed by atoms with Gasteiger partial charge in [0.15, 0.2) is 0 Å². The summed E-state index contributed by atoms with van der Waals surface area (Å²) in [4.78, 5) is 18.9. The van der Waals surface area contributed by atoms with Crippen molar-refractivity contribution >= 4 is 17.2 Å². The van der Waals surface area contributed by atoms with Gasteiger partial charge in [-0.05, 0) is 18.9 Å². The first-order valence-electron chi connectivity index (χ1n) is 9.32. The van der Waals surface area contributed by atoms with Gasteiger partial charge in [0.05, 0.1) is 12.2 Å². The third-order valence-electron chi connectivity index (χ3n) is 5.63. The van der Waals surface area contributed by atoms with Crippen LogP contribution in [0.4, 0.5) is 0 Å². The van der Waals surface area contributed by atoms with Crippen molar-refractivity contribution in [2.75, 3.05) is 19.7 Å². The van der Waals surface area contributed by atoms with E-state index in [-0.39, 0.29) is 23.5 Å². The number of nitrogens with zero attached hydrogens (tertiary/aromatic N) is 3. The van der Waals surface area contributed by atoms with E-state index in [0.717, 1.165) is 5.69 Å². The number of H-pyrrole nitrogens is 1. The smallest absolute Gasteiger partial charge is 0.274 e. The van der Waals surface area contributed by atoms with Crippen molar-refractivity contribution in [3.8, 4) is 0 Å². The molecule has 0 saturated carbocycles. The Balaban J connectivity index is 1.41. The van der Waals surface area contributed by atoms with E-state index in [1.54, 1.807) is 6.20 Å². The van der Waals surface area contributed by atoms with Gasteiger partial charge in [0.25, 0.3) is 5.91 Å². The summed E-state index contributed by atoms with van der Waals surface area (Å²) in [5, 5.41) is 20.7. The predicted octanol–water partition coefficient (Wildman–Crippen LogP) is 2.45. The largest absolute Gasteiger partial charge is 0.380 e. The maximum absolute atomic E-state index is 12.8. The Morgan fingerprint density at radius 2 is 2.11 bits per heavy atom. The molecular formula is C19H26N4O3S. The van der Waals surface area contributed by atoms with Crippen molar-refractivity contribution in [2.45, 2.75) is 56.7 Å². The quantitative estimate of drug-likeness (QED) is 0.822. The summed E-state index contributed by atoms with van der Waals surface area (Å²) in [6, 6.07) is 1.85. The maximum Gasteiger partial charge on any atom is 0.274 e. The lowest BCUT2D eigenvalue weighted by atomic mass is 9.83. The van der Waals surface area contributed by atoms with Crippen LogP contribution in [0.25, 0.3) is 0 Å². The number of piperidine rings is 1. The van der Waals surface area contributed by atoms with E-state index in [2.05, 4.69) is 36.0 Å².